The van der Waals surface area contributed by atoms with E-state index in [1.54, 1.807) is 30.3 Å². The monoisotopic (exact) mass is 435 g/mol. The van der Waals surface area contributed by atoms with E-state index in [0.29, 0.717) is 5.75 Å². The Hall–Kier alpha value is -2.55. The second-order valence-corrected chi connectivity index (χ2v) is 8.36. The highest BCUT2D eigenvalue weighted by Crippen LogP contribution is 2.33. The maximum Gasteiger partial charge on any atom is 0.315 e. The minimum Gasteiger partial charge on any atom is -0.454 e. The van der Waals surface area contributed by atoms with Crippen LogP contribution in [0.25, 0.3) is 0 Å². The van der Waals surface area contributed by atoms with Gasteiger partial charge in [-0.15, -0.1) is 0 Å². The van der Waals surface area contributed by atoms with Crippen LogP contribution in [0.1, 0.15) is 32.4 Å². The standard InChI is InChI=1S/C22H20Cl2FNO3/c1-22(2,3)16(12-20(23)24)21(27)29-19(13-26)14-9-10-17(25)18(11-14)28-15-7-5-4-6-8-15/h4-12,16,19H,1-3H3. The Kier molecular flexibility index (Phi) is 7.66. The summed E-state index contributed by atoms with van der Waals surface area (Å²) in [6.45, 7) is 5.45. The molecule has 2 aromatic carbocycles. The predicted molar refractivity (Wildman–Crippen MR) is 110 cm³/mol. The summed E-state index contributed by atoms with van der Waals surface area (Å²) in [4.78, 5) is 12.7. The van der Waals surface area contributed by atoms with Crippen molar-refractivity contribution in [1.29, 1.82) is 5.26 Å². The molecule has 7 heteroatoms. The second-order valence-electron chi connectivity index (χ2n) is 7.35. The molecular formula is C22H20Cl2FNO3. The van der Waals surface area contributed by atoms with Crippen LogP contribution < -0.4 is 4.74 Å². The SMILES string of the molecule is CC(C)(C)C(C=C(Cl)Cl)C(=O)OC(C#N)c1ccc(F)c(Oc2ccccc2)c1. The molecule has 0 bridgehead atoms. The number of nitriles is 1. The highest BCUT2D eigenvalue weighted by atomic mass is 35.5. The molecule has 2 rings (SSSR count). The van der Waals surface area contributed by atoms with Gasteiger partial charge in [0.1, 0.15) is 16.3 Å². The van der Waals surface area contributed by atoms with Crippen LogP contribution in [0, 0.1) is 28.5 Å². The summed E-state index contributed by atoms with van der Waals surface area (Å²) in [6, 6.07) is 14.4. The Labute approximate surface area is 179 Å². The van der Waals surface area contributed by atoms with E-state index in [-0.39, 0.29) is 15.8 Å². The molecule has 0 fully saturated rings. The molecular weight excluding hydrogens is 416 g/mol. The van der Waals surface area contributed by atoms with Gasteiger partial charge in [0.2, 0.25) is 6.10 Å². The topological polar surface area (TPSA) is 59.3 Å². The molecule has 152 valence electrons. The van der Waals surface area contributed by atoms with Crippen LogP contribution in [0.2, 0.25) is 0 Å². The minimum absolute atomic E-state index is 0.0734. The molecule has 0 aromatic heterocycles. The Balaban J connectivity index is 2.27. The van der Waals surface area contributed by atoms with Gasteiger partial charge in [0.25, 0.3) is 0 Å². The van der Waals surface area contributed by atoms with Crippen LogP contribution in [-0.2, 0) is 9.53 Å². The molecule has 0 heterocycles. The number of ether oxygens (including phenoxy) is 2. The maximum atomic E-state index is 14.2. The lowest BCUT2D eigenvalue weighted by Gasteiger charge is -2.27. The van der Waals surface area contributed by atoms with Gasteiger partial charge in [0, 0.05) is 5.56 Å². The van der Waals surface area contributed by atoms with E-state index in [4.69, 9.17) is 32.7 Å². The van der Waals surface area contributed by atoms with E-state index in [2.05, 4.69) is 0 Å². The van der Waals surface area contributed by atoms with Gasteiger partial charge in [-0.25, -0.2) is 4.39 Å². The molecule has 0 aliphatic rings. The minimum atomic E-state index is -1.26. The largest absolute Gasteiger partial charge is 0.454 e. The van der Waals surface area contributed by atoms with Crippen molar-refractivity contribution in [2.45, 2.75) is 26.9 Å². The Morgan fingerprint density at radius 1 is 1.17 bits per heavy atom. The zero-order valence-corrected chi connectivity index (χ0v) is 17.7. The first-order chi connectivity index (χ1) is 13.6. The molecule has 0 spiro atoms. The Morgan fingerprint density at radius 3 is 2.38 bits per heavy atom. The summed E-state index contributed by atoms with van der Waals surface area (Å²) in [6.07, 6.45) is 0.114. The molecule has 0 aliphatic heterocycles. The number of esters is 1. The molecule has 0 aliphatic carbocycles. The number of nitrogens with zero attached hydrogens (tertiary/aromatic N) is 1. The second kappa shape index (κ2) is 9.78. The van der Waals surface area contributed by atoms with Crippen LogP contribution in [0.5, 0.6) is 11.5 Å². The fraction of sp³-hybridized carbons (Fsp3) is 0.273. The first-order valence-electron chi connectivity index (χ1n) is 8.77. The zero-order chi connectivity index (χ0) is 21.6. The zero-order valence-electron chi connectivity index (χ0n) is 16.2. The number of carbonyl (C=O) groups is 1. The van der Waals surface area contributed by atoms with Crippen molar-refractivity contribution >= 4 is 29.2 Å². The number of para-hydroxylation sites is 1. The van der Waals surface area contributed by atoms with E-state index in [1.165, 1.54) is 18.2 Å². The third-order valence-corrected chi connectivity index (χ3v) is 4.31. The molecule has 0 radical (unpaired) electrons. The molecule has 4 nitrogen and oxygen atoms in total. The van der Waals surface area contributed by atoms with Crippen molar-refractivity contribution < 1.29 is 18.7 Å². The summed E-state index contributed by atoms with van der Waals surface area (Å²) in [5.74, 6) is -1.70. The maximum absolute atomic E-state index is 14.2. The fourth-order valence-electron chi connectivity index (χ4n) is 2.53. The molecule has 0 saturated carbocycles. The van der Waals surface area contributed by atoms with E-state index in [0.717, 1.165) is 6.07 Å². The highest BCUT2D eigenvalue weighted by molar-refractivity contribution is 6.55. The lowest BCUT2D eigenvalue weighted by molar-refractivity contribution is -0.153. The van der Waals surface area contributed by atoms with Crippen LogP contribution in [0.4, 0.5) is 4.39 Å². The molecule has 29 heavy (non-hydrogen) atoms. The van der Waals surface area contributed by atoms with Gasteiger partial charge in [0.05, 0.1) is 5.92 Å². The van der Waals surface area contributed by atoms with Crippen molar-refractivity contribution in [2.75, 3.05) is 0 Å². The van der Waals surface area contributed by atoms with Crippen molar-refractivity contribution in [3.63, 3.8) is 0 Å². The quantitative estimate of drug-likeness (QED) is 0.473. The normalized spacial score (nSPS) is 13.0. The summed E-state index contributed by atoms with van der Waals surface area (Å²) in [5.41, 5.74) is -0.266. The van der Waals surface area contributed by atoms with Gasteiger partial charge >= 0.3 is 5.97 Å². The molecule has 2 aromatic rings. The summed E-state index contributed by atoms with van der Waals surface area (Å²) in [7, 11) is 0. The van der Waals surface area contributed by atoms with Gasteiger partial charge in [-0.05, 0) is 35.8 Å². The predicted octanol–water partition coefficient (Wildman–Crippen LogP) is 6.71. The Morgan fingerprint density at radius 2 is 1.83 bits per heavy atom. The average Bonchev–Trinajstić information content (AvgIpc) is 2.65. The molecule has 0 N–H and O–H groups in total. The van der Waals surface area contributed by atoms with Crippen molar-refractivity contribution in [3.05, 3.63) is 70.5 Å². The van der Waals surface area contributed by atoms with Crippen LogP contribution in [-0.4, -0.2) is 5.97 Å². The van der Waals surface area contributed by atoms with Gasteiger partial charge in [-0.2, -0.15) is 5.26 Å². The first-order valence-corrected chi connectivity index (χ1v) is 9.52. The molecule has 0 saturated heterocycles. The Bertz CT molecular complexity index is 929. The third kappa shape index (κ3) is 6.49. The lowest BCUT2D eigenvalue weighted by atomic mass is 9.81. The smallest absolute Gasteiger partial charge is 0.315 e. The van der Waals surface area contributed by atoms with Crippen LogP contribution in [0.15, 0.2) is 59.1 Å². The van der Waals surface area contributed by atoms with E-state index in [9.17, 15) is 14.4 Å². The number of halogens is 3. The van der Waals surface area contributed by atoms with Crippen molar-refractivity contribution in [3.8, 4) is 17.6 Å². The van der Waals surface area contributed by atoms with E-state index in [1.807, 2.05) is 26.8 Å². The van der Waals surface area contributed by atoms with Crippen LogP contribution >= 0.6 is 23.2 Å². The lowest BCUT2D eigenvalue weighted by Crippen LogP contribution is -2.29. The third-order valence-electron chi connectivity index (χ3n) is 4.06. The van der Waals surface area contributed by atoms with Gasteiger partial charge in [-0.1, -0.05) is 68.2 Å². The van der Waals surface area contributed by atoms with Crippen molar-refractivity contribution in [1.82, 2.24) is 0 Å². The van der Waals surface area contributed by atoms with Crippen molar-refractivity contribution in [2.24, 2.45) is 11.3 Å². The summed E-state index contributed by atoms with van der Waals surface area (Å²) in [5, 5.41) is 9.52. The molecule has 2 atom stereocenters. The van der Waals surface area contributed by atoms with Gasteiger partial charge < -0.3 is 9.47 Å². The highest BCUT2D eigenvalue weighted by Gasteiger charge is 2.33. The van der Waals surface area contributed by atoms with Gasteiger partial charge in [0.15, 0.2) is 11.6 Å². The molecule has 2 unspecified atom stereocenters. The van der Waals surface area contributed by atoms with E-state index >= 15 is 0 Å². The summed E-state index contributed by atoms with van der Waals surface area (Å²) < 4.78 is 25.0. The fourth-order valence-corrected chi connectivity index (χ4v) is 2.78. The summed E-state index contributed by atoms with van der Waals surface area (Å²) >= 11 is 11.4. The van der Waals surface area contributed by atoms with E-state index < -0.39 is 29.2 Å². The first kappa shape index (κ1) is 22.7. The number of carbonyl (C=O) groups excluding carboxylic acids is 1. The molecule has 0 amide bonds. The number of hydrogen-bond acceptors (Lipinski definition) is 4. The van der Waals surface area contributed by atoms with Gasteiger partial charge in [-0.3, -0.25) is 4.79 Å². The average molecular weight is 436 g/mol. The number of hydrogen-bond donors (Lipinski definition) is 0. The van der Waals surface area contributed by atoms with Crippen LogP contribution in [0.3, 0.4) is 0 Å². The number of rotatable bonds is 6. The number of benzene rings is 2.